The number of nitrogens with one attached hydrogen (secondary N) is 1. The van der Waals surface area contributed by atoms with E-state index >= 15 is 0 Å². The lowest BCUT2D eigenvalue weighted by molar-refractivity contribution is 0.0268. The van der Waals surface area contributed by atoms with E-state index in [9.17, 15) is 9.50 Å². The van der Waals surface area contributed by atoms with Crippen molar-refractivity contribution in [2.75, 3.05) is 19.8 Å². The van der Waals surface area contributed by atoms with Gasteiger partial charge in [0.05, 0.1) is 12.2 Å². The van der Waals surface area contributed by atoms with Crippen molar-refractivity contribution in [3.63, 3.8) is 0 Å². The summed E-state index contributed by atoms with van der Waals surface area (Å²) in [6.45, 7) is 1.37. The number of hydrogen-bond acceptors (Lipinski definition) is 5. The maximum absolute atomic E-state index is 14.1. The maximum atomic E-state index is 14.1. The predicted molar refractivity (Wildman–Crippen MR) is 71.0 cm³/mol. The summed E-state index contributed by atoms with van der Waals surface area (Å²) < 4.78 is 19.2. The molecule has 20 heavy (non-hydrogen) atoms. The minimum absolute atomic E-state index is 0.0507. The summed E-state index contributed by atoms with van der Waals surface area (Å²) in [4.78, 5) is 0. The van der Waals surface area contributed by atoms with Crippen LogP contribution in [0.5, 0.6) is 0 Å². The van der Waals surface area contributed by atoms with Crippen LogP contribution in [-0.4, -0.2) is 41.5 Å². The number of benzene rings is 1. The van der Waals surface area contributed by atoms with Crippen LogP contribution >= 0.6 is 0 Å². The third-order valence-electron chi connectivity index (χ3n) is 3.31. The van der Waals surface area contributed by atoms with Gasteiger partial charge in [0, 0.05) is 31.7 Å². The Hall–Kier alpha value is -1.70. The van der Waals surface area contributed by atoms with Crippen molar-refractivity contribution < 1.29 is 19.4 Å². The fourth-order valence-electron chi connectivity index (χ4n) is 2.13. The molecule has 0 spiro atoms. The Labute approximate surface area is 116 Å². The minimum atomic E-state index is -0.889. The Bertz CT molecular complexity index is 502. The molecule has 0 bridgehead atoms. The molecule has 1 heterocycles. The van der Waals surface area contributed by atoms with Crippen molar-refractivity contribution in [3.8, 4) is 0 Å². The van der Waals surface area contributed by atoms with Crippen molar-refractivity contribution in [1.82, 2.24) is 5.32 Å². The number of rotatable bonds is 5. The summed E-state index contributed by atoms with van der Waals surface area (Å²) in [7, 11) is 0. The van der Waals surface area contributed by atoms with E-state index in [-0.39, 0.29) is 24.6 Å². The van der Waals surface area contributed by atoms with Crippen molar-refractivity contribution in [1.29, 1.82) is 0 Å². The highest BCUT2D eigenvalue weighted by Gasteiger charge is 2.31. The van der Waals surface area contributed by atoms with E-state index in [2.05, 4.69) is 10.5 Å². The third kappa shape index (κ3) is 3.24. The lowest BCUT2D eigenvalue weighted by atomic mass is 10.0. The van der Waals surface area contributed by atoms with Gasteiger partial charge in [0.25, 0.3) is 0 Å². The topological polar surface area (TPSA) is 100 Å². The standard InChI is InChI=1S/C13H18FN3O3/c14-11-9(2-1-3-10(11)12(15)17-19)6-16-7-13(18)4-5-20-8-13/h1-3,16,18-19H,4-8H2,(H2,15,17). The largest absolute Gasteiger partial charge is 0.409 e. The number of oxime groups is 1. The van der Waals surface area contributed by atoms with E-state index in [0.717, 1.165) is 0 Å². The van der Waals surface area contributed by atoms with E-state index in [0.29, 0.717) is 25.1 Å². The van der Waals surface area contributed by atoms with Crippen molar-refractivity contribution in [2.45, 2.75) is 18.6 Å². The van der Waals surface area contributed by atoms with Gasteiger partial charge < -0.3 is 26.1 Å². The zero-order chi connectivity index (χ0) is 14.6. The van der Waals surface area contributed by atoms with Crippen LogP contribution < -0.4 is 11.1 Å². The van der Waals surface area contributed by atoms with Crippen LogP contribution in [0.15, 0.2) is 23.4 Å². The molecule has 0 aromatic heterocycles. The molecule has 0 aliphatic carbocycles. The fraction of sp³-hybridized carbons (Fsp3) is 0.462. The molecule has 1 aromatic rings. The Balaban J connectivity index is 1.99. The normalized spacial score (nSPS) is 23.2. The van der Waals surface area contributed by atoms with Gasteiger partial charge in [-0.2, -0.15) is 0 Å². The van der Waals surface area contributed by atoms with Gasteiger partial charge in [0.15, 0.2) is 5.84 Å². The van der Waals surface area contributed by atoms with Crippen LogP contribution in [0, 0.1) is 5.82 Å². The molecule has 5 N–H and O–H groups in total. The highest BCUT2D eigenvalue weighted by Crippen LogP contribution is 2.18. The SMILES string of the molecule is N/C(=N/O)c1cccc(CNCC2(O)CCOC2)c1F. The highest BCUT2D eigenvalue weighted by atomic mass is 19.1. The van der Waals surface area contributed by atoms with E-state index < -0.39 is 11.4 Å². The first-order valence-corrected chi connectivity index (χ1v) is 6.32. The number of ether oxygens (including phenoxy) is 1. The molecule has 1 unspecified atom stereocenters. The van der Waals surface area contributed by atoms with Crippen LogP contribution in [0.4, 0.5) is 4.39 Å². The lowest BCUT2D eigenvalue weighted by Crippen LogP contribution is -2.40. The van der Waals surface area contributed by atoms with Gasteiger partial charge >= 0.3 is 0 Å². The van der Waals surface area contributed by atoms with Crippen molar-refractivity contribution in [2.24, 2.45) is 10.9 Å². The summed E-state index contributed by atoms with van der Waals surface area (Å²) in [5, 5.41) is 24.4. The molecule has 110 valence electrons. The van der Waals surface area contributed by atoms with Crippen LogP contribution in [0.25, 0.3) is 0 Å². The molecular formula is C13H18FN3O3. The molecule has 1 saturated heterocycles. The van der Waals surface area contributed by atoms with Crippen LogP contribution in [0.1, 0.15) is 17.5 Å². The first-order valence-electron chi connectivity index (χ1n) is 6.32. The molecule has 1 fully saturated rings. The molecule has 7 heteroatoms. The summed E-state index contributed by atoms with van der Waals surface area (Å²) >= 11 is 0. The Morgan fingerprint density at radius 3 is 3.00 bits per heavy atom. The number of aliphatic hydroxyl groups is 1. The second-order valence-electron chi connectivity index (χ2n) is 4.89. The lowest BCUT2D eigenvalue weighted by Gasteiger charge is -2.21. The van der Waals surface area contributed by atoms with Gasteiger partial charge in [-0.3, -0.25) is 0 Å². The first kappa shape index (κ1) is 14.7. The Morgan fingerprint density at radius 2 is 2.35 bits per heavy atom. The van der Waals surface area contributed by atoms with E-state index in [1.54, 1.807) is 12.1 Å². The summed E-state index contributed by atoms with van der Waals surface area (Å²) in [6.07, 6.45) is 0.562. The van der Waals surface area contributed by atoms with Crippen LogP contribution in [0.2, 0.25) is 0 Å². The Kier molecular flexibility index (Phi) is 4.53. The maximum Gasteiger partial charge on any atom is 0.173 e. The summed E-state index contributed by atoms with van der Waals surface area (Å²) in [6, 6.07) is 4.67. The second kappa shape index (κ2) is 6.17. The fourth-order valence-corrected chi connectivity index (χ4v) is 2.13. The number of amidine groups is 1. The molecule has 0 radical (unpaired) electrons. The third-order valence-corrected chi connectivity index (χ3v) is 3.31. The van der Waals surface area contributed by atoms with Gasteiger partial charge in [-0.05, 0) is 6.07 Å². The van der Waals surface area contributed by atoms with E-state index in [1.165, 1.54) is 6.07 Å². The molecular weight excluding hydrogens is 265 g/mol. The van der Waals surface area contributed by atoms with Gasteiger partial charge in [-0.25, -0.2) is 4.39 Å². The zero-order valence-corrected chi connectivity index (χ0v) is 11.0. The molecule has 2 rings (SSSR count). The van der Waals surface area contributed by atoms with Crippen molar-refractivity contribution >= 4 is 5.84 Å². The van der Waals surface area contributed by atoms with Gasteiger partial charge in [0.2, 0.25) is 0 Å². The van der Waals surface area contributed by atoms with E-state index in [1.807, 2.05) is 0 Å². The average Bonchev–Trinajstić information content (AvgIpc) is 2.87. The van der Waals surface area contributed by atoms with Gasteiger partial charge in [-0.1, -0.05) is 17.3 Å². The van der Waals surface area contributed by atoms with Crippen LogP contribution in [-0.2, 0) is 11.3 Å². The number of halogens is 1. The molecule has 0 saturated carbocycles. The average molecular weight is 283 g/mol. The summed E-state index contributed by atoms with van der Waals surface area (Å²) in [5.74, 6) is -0.808. The molecule has 1 aliphatic heterocycles. The monoisotopic (exact) mass is 283 g/mol. The second-order valence-corrected chi connectivity index (χ2v) is 4.89. The summed E-state index contributed by atoms with van der Waals surface area (Å²) in [5.41, 5.74) is 4.94. The van der Waals surface area contributed by atoms with Gasteiger partial charge in [0.1, 0.15) is 11.4 Å². The molecule has 0 amide bonds. The predicted octanol–water partition coefficient (Wildman–Crippen LogP) is 0.161. The zero-order valence-electron chi connectivity index (χ0n) is 11.0. The highest BCUT2D eigenvalue weighted by molar-refractivity contribution is 5.97. The Morgan fingerprint density at radius 1 is 1.55 bits per heavy atom. The smallest absolute Gasteiger partial charge is 0.173 e. The number of hydrogen-bond donors (Lipinski definition) is 4. The number of nitrogens with two attached hydrogens (primary N) is 1. The molecule has 1 aromatic carbocycles. The van der Waals surface area contributed by atoms with Gasteiger partial charge in [-0.15, -0.1) is 0 Å². The molecule has 6 nitrogen and oxygen atoms in total. The molecule has 1 atom stereocenters. The molecule has 1 aliphatic rings. The quantitative estimate of drug-likeness (QED) is 0.267. The van der Waals surface area contributed by atoms with Crippen molar-refractivity contribution in [3.05, 3.63) is 35.1 Å². The number of nitrogens with zero attached hydrogens (tertiary/aromatic N) is 1. The first-order chi connectivity index (χ1) is 9.56. The minimum Gasteiger partial charge on any atom is -0.409 e. The van der Waals surface area contributed by atoms with E-state index in [4.69, 9.17) is 15.7 Å². The van der Waals surface area contributed by atoms with Crippen LogP contribution in [0.3, 0.4) is 0 Å².